The van der Waals surface area contributed by atoms with Gasteiger partial charge in [-0.15, -0.1) is 0 Å². The van der Waals surface area contributed by atoms with Crippen LogP contribution in [0.2, 0.25) is 0 Å². The summed E-state index contributed by atoms with van der Waals surface area (Å²) in [7, 11) is 2.10. The molecule has 0 amide bonds. The minimum absolute atomic E-state index is 0.482. The van der Waals surface area contributed by atoms with Crippen LogP contribution < -0.4 is 15.6 Å². The summed E-state index contributed by atoms with van der Waals surface area (Å²) in [5, 5.41) is 7.95. The van der Waals surface area contributed by atoms with E-state index in [0.717, 1.165) is 24.2 Å². The Morgan fingerprint density at radius 1 is 1.12 bits per heavy atom. The lowest BCUT2D eigenvalue weighted by atomic mass is 10.1. The molecule has 5 heteroatoms. The number of nitrogens with zero attached hydrogens (tertiary/aromatic N) is 2. The molecule has 0 aliphatic rings. The third-order valence-electron chi connectivity index (χ3n) is 4.19. The molecule has 0 bridgehead atoms. The van der Waals surface area contributed by atoms with E-state index in [-0.39, 0.29) is 0 Å². The number of aryl methyl sites for hydroxylation is 3. The average molecular weight is 369 g/mol. The molecular weight excluding hydrogens is 340 g/mol. The van der Waals surface area contributed by atoms with Gasteiger partial charge in [-0.3, -0.25) is 5.43 Å². The third kappa shape index (κ3) is 5.56. The maximum atomic E-state index is 5.34. The van der Waals surface area contributed by atoms with Crippen molar-refractivity contribution in [3.63, 3.8) is 0 Å². The van der Waals surface area contributed by atoms with E-state index in [1.807, 2.05) is 0 Å². The molecule has 2 aromatic carbocycles. The molecule has 0 fully saturated rings. The zero-order valence-corrected chi connectivity index (χ0v) is 17.1. The maximum absolute atomic E-state index is 5.34. The molecule has 0 aliphatic heterocycles. The number of hydrogen-bond donors (Lipinski definition) is 2. The largest absolute Gasteiger partial charge is 0.375 e. The van der Waals surface area contributed by atoms with Crippen molar-refractivity contribution >= 4 is 34.9 Å². The summed E-state index contributed by atoms with van der Waals surface area (Å²) in [5.74, 6) is 0. The monoisotopic (exact) mass is 368 g/mol. The van der Waals surface area contributed by atoms with Crippen LogP contribution in [-0.2, 0) is 0 Å². The lowest BCUT2D eigenvalue weighted by molar-refractivity contribution is 0.852. The second kappa shape index (κ2) is 9.34. The van der Waals surface area contributed by atoms with Crippen molar-refractivity contribution in [3.05, 3.63) is 58.7 Å². The summed E-state index contributed by atoms with van der Waals surface area (Å²) < 4.78 is 0. The first kappa shape index (κ1) is 19.9. The molecule has 138 valence electrons. The van der Waals surface area contributed by atoms with Crippen LogP contribution >= 0.6 is 12.2 Å². The van der Waals surface area contributed by atoms with Gasteiger partial charge in [-0.05, 0) is 68.2 Å². The zero-order chi connectivity index (χ0) is 19.1. The Balaban J connectivity index is 1.93. The van der Waals surface area contributed by atoms with Gasteiger partial charge in [0.05, 0.1) is 6.21 Å². The van der Waals surface area contributed by atoms with Crippen molar-refractivity contribution in [2.75, 3.05) is 23.8 Å². The molecule has 4 nitrogen and oxygen atoms in total. The van der Waals surface area contributed by atoms with Crippen molar-refractivity contribution in [2.24, 2.45) is 5.10 Å². The second-order valence-electron chi connectivity index (χ2n) is 6.61. The van der Waals surface area contributed by atoms with Gasteiger partial charge < -0.3 is 10.2 Å². The first-order chi connectivity index (χ1) is 12.4. The third-order valence-corrected chi connectivity index (χ3v) is 4.38. The highest BCUT2D eigenvalue weighted by molar-refractivity contribution is 7.80. The lowest BCUT2D eigenvalue weighted by Crippen LogP contribution is -2.24. The van der Waals surface area contributed by atoms with Gasteiger partial charge in [0.1, 0.15) is 0 Å². The molecule has 0 spiro atoms. The van der Waals surface area contributed by atoms with Crippen LogP contribution in [0.15, 0.2) is 41.5 Å². The van der Waals surface area contributed by atoms with Crippen molar-refractivity contribution < 1.29 is 0 Å². The molecular formula is C21H28N4S. The highest BCUT2D eigenvalue weighted by Gasteiger charge is 2.05. The summed E-state index contributed by atoms with van der Waals surface area (Å²) in [5.41, 5.74) is 9.74. The van der Waals surface area contributed by atoms with Gasteiger partial charge in [-0.2, -0.15) is 5.10 Å². The highest BCUT2D eigenvalue weighted by atomic mass is 32.1. The quantitative estimate of drug-likeness (QED) is 0.437. The number of anilines is 2. The van der Waals surface area contributed by atoms with Crippen LogP contribution in [0.25, 0.3) is 0 Å². The maximum Gasteiger partial charge on any atom is 0.191 e. The first-order valence-electron chi connectivity index (χ1n) is 8.89. The smallest absolute Gasteiger partial charge is 0.191 e. The SMILES string of the molecule is CCCN(C)c1ccc(C=NNC(=S)Nc2c(C)cc(C)cc2C)cc1. The van der Waals surface area contributed by atoms with Gasteiger partial charge in [0.2, 0.25) is 0 Å². The van der Waals surface area contributed by atoms with Crippen LogP contribution in [0.3, 0.4) is 0 Å². The summed E-state index contributed by atoms with van der Waals surface area (Å²) >= 11 is 5.34. The van der Waals surface area contributed by atoms with Crippen molar-refractivity contribution in [2.45, 2.75) is 34.1 Å². The molecule has 2 aromatic rings. The molecule has 0 radical (unpaired) electrons. The summed E-state index contributed by atoms with van der Waals surface area (Å²) in [6.07, 6.45) is 2.90. The predicted molar refractivity (Wildman–Crippen MR) is 118 cm³/mol. The summed E-state index contributed by atoms with van der Waals surface area (Å²) in [6, 6.07) is 12.6. The van der Waals surface area contributed by atoms with Crippen molar-refractivity contribution in [1.82, 2.24) is 5.43 Å². The van der Waals surface area contributed by atoms with Crippen LogP contribution in [0, 0.1) is 20.8 Å². The number of benzene rings is 2. The molecule has 0 saturated heterocycles. The molecule has 0 aliphatic carbocycles. The molecule has 0 unspecified atom stereocenters. The molecule has 0 aromatic heterocycles. The Labute approximate surface area is 162 Å². The minimum atomic E-state index is 0.482. The summed E-state index contributed by atoms with van der Waals surface area (Å²) in [4.78, 5) is 2.24. The molecule has 2 N–H and O–H groups in total. The highest BCUT2D eigenvalue weighted by Crippen LogP contribution is 2.21. The fourth-order valence-corrected chi connectivity index (χ4v) is 3.12. The van der Waals surface area contributed by atoms with E-state index in [1.165, 1.54) is 22.4 Å². The van der Waals surface area contributed by atoms with Crippen LogP contribution in [0.4, 0.5) is 11.4 Å². The molecule has 0 saturated carbocycles. The number of thiocarbonyl (C=S) groups is 1. The van der Waals surface area contributed by atoms with Gasteiger partial charge in [-0.25, -0.2) is 0 Å². The average Bonchev–Trinajstić information content (AvgIpc) is 2.59. The topological polar surface area (TPSA) is 39.7 Å². The van der Waals surface area contributed by atoms with Crippen molar-refractivity contribution in [1.29, 1.82) is 0 Å². The first-order valence-corrected chi connectivity index (χ1v) is 9.30. The van der Waals surface area contributed by atoms with Crippen molar-refractivity contribution in [3.8, 4) is 0 Å². The van der Waals surface area contributed by atoms with Gasteiger partial charge in [0.15, 0.2) is 5.11 Å². The fourth-order valence-electron chi connectivity index (χ4n) is 2.96. The number of nitrogens with one attached hydrogen (secondary N) is 2. The van der Waals surface area contributed by atoms with E-state index in [2.05, 4.69) is 91.9 Å². The predicted octanol–water partition coefficient (Wildman–Crippen LogP) is 4.78. The molecule has 26 heavy (non-hydrogen) atoms. The van der Waals surface area contributed by atoms with Gasteiger partial charge in [0.25, 0.3) is 0 Å². The van der Waals surface area contributed by atoms with E-state index in [0.29, 0.717) is 5.11 Å². The lowest BCUT2D eigenvalue weighted by Gasteiger charge is -2.18. The number of rotatable bonds is 6. The van der Waals surface area contributed by atoms with E-state index < -0.39 is 0 Å². The van der Waals surface area contributed by atoms with E-state index in [4.69, 9.17) is 12.2 Å². The van der Waals surface area contributed by atoms with E-state index in [9.17, 15) is 0 Å². The Hall–Kier alpha value is -2.40. The van der Waals surface area contributed by atoms with E-state index >= 15 is 0 Å². The Kier molecular flexibility index (Phi) is 7.16. The van der Waals surface area contributed by atoms with Crippen LogP contribution in [0.1, 0.15) is 35.6 Å². The standard InChI is InChI=1S/C21H28N4S/c1-6-11-25(5)19-9-7-18(8-10-19)14-22-24-21(26)23-20-16(3)12-15(2)13-17(20)4/h7-10,12-14H,6,11H2,1-5H3,(H2,23,24,26). The minimum Gasteiger partial charge on any atom is -0.375 e. The number of hydrazone groups is 1. The van der Waals surface area contributed by atoms with Crippen LogP contribution in [0.5, 0.6) is 0 Å². The Bertz CT molecular complexity index is 758. The Morgan fingerprint density at radius 3 is 2.31 bits per heavy atom. The van der Waals surface area contributed by atoms with E-state index in [1.54, 1.807) is 6.21 Å². The molecule has 0 heterocycles. The van der Waals surface area contributed by atoms with Crippen LogP contribution in [-0.4, -0.2) is 24.9 Å². The Morgan fingerprint density at radius 2 is 1.73 bits per heavy atom. The van der Waals surface area contributed by atoms with Gasteiger partial charge in [-0.1, -0.05) is 36.8 Å². The normalized spacial score (nSPS) is 10.8. The van der Waals surface area contributed by atoms with Gasteiger partial charge in [0, 0.05) is 25.0 Å². The molecule has 0 atom stereocenters. The second-order valence-corrected chi connectivity index (χ2v) is 7.02. The molecule has 2 rings (SSSR count). The van der Waals surface area contributed by atoms with Gasteiger partial charge >= 0.3 is 0 Å². The zero-order valence-electron chi connectivity index (χ0n) is 16.3. The fraction of sp³-hybridized carbons (Fsp3) is 0.333. The summed E-state index contributed by atoms with van der Waals surface area (Å²) in [6.45, 7) is 9.47. The number of hydrogen-bond acceptors (Lipinski definition) is 3.